The van der Waals surface area contributed by atoms with Gasteiger partial charge >= 0.3 is 5.97 Å². The van der Waals surface area contributed by atoms with Crippen LogP contribution in [-0.2, 0) is 15.3 Å². The molecule has 17 heteroatoms. The van der Waals surface area contributed by atoms with Gasteiger partial charge in [0.25, 0.3) is 11.6 Å². The molecular weight excluding hydrogens is 668 g/mol. The van der Waals surface area contributed by atoms with E-state index in [4.69, 9.17) is 9.84 Å². The zero-order valence-corrected chi connectivity index (χ0v) is 27.3. The summed E-state index contributed by atoms with van der Waals surface area (Å²) >= 11 is 1.29. The molecule has 2 heterocycles. The van der Waals surface area contributed by atoms with Crippen molar-refractivity contribution in [2.24, 2.45) is 0 Å². The maximum atomic E-state index is 13.2. The van der Waals surface area contributed by atoms with E-state index in [-0.39, 0.29) is 53.1 Å². The number of nitro benzene ring substituents is 1. The van der Waals surface area contributed by atoms with Crippen LogP contribution < -0.4 is 10.1 Å². The van der Waals surface area contributed by atoms with E-state index in [1.807, 2.05) is 0 Å². The van der Waals surface area contributed by atoms with Crippen LogP contribution >= 0.6 is 11.8 Å². The second-order valence-electron chi connectivity index (χ2n) is 10.7. The predicted octanol–water partition coefficient (Wildman–Crippen LogP) is 5.01. The highest BCUT2D eigenvalue weighted by Crippen LogP contribution is 2.41. The van der Waals surface area contributed by atoms with Gasteiger partial charge in [0, 0.05) is 40.8 Å². The Hall–Kier alpha value is -6.49. The Labute approximate surface area is 287 Å². The van der Waals surface area contributed by atoms with Crippen molar-refractivity contribution in [3.05, 3.63) is 106 Å². The van der Waals surface area contributed by atoms with E-state index in [2.05, 4.69) is 25.6 Å². The quantitative estimate of drug-likeness (QED) is 0.0666. The average Bonchev–Trinajstić information content (AvgIpc) is 3.72. The van der Waals surface area contributed by atoms with E-state index in [0.717, 1.165) is 0 Å². The van der Waals surface area contributed by atoms with Crippen molar-refractivity contribution < 1.29 is 34.2 Å². The van der Waals surface area contributed by atoms with E-state index in [0.29, 0.717) is 38.6 Å². The lowest BCUT2D eigenvalue weighted by Crippen LogP contribution is -2.26. The standard InChI is InChI=1S/C33H28N8O8S/c1-19-27(18-50-33-35-37-38-40(33)21-11-13-23(42)14-12-21)32(39(36-19)20-7-9-22(10-8-20)41(46)47)49-28-17-26(31(45)34-16-15-29(43)48-2)30(44)25-6-4-3-5-24(25)28/h3-14,17,42,44H,15-16,18H2,1-2H3,(H,34,45). The van der Waals surface area contributed by atoms with Crippen molar-refractivity contribution in [1.29, 1.82) is 0 Å². The largest absolute Gasteiger partial charge is 0.508 e. The highest BCUT2D eigenvalue weighted by atomic mass is 32.2. The number of aryl methyl sites for hydroxylation is 1. The van der Waals surface area contributed by atoms with Crippen molar-refractivity contribution >= 4 is 40.1 Å². The Bertz CT molecular complexity index is 2220. The topological polar surface area (TPSA) is 210 Å². The summed E-state index contributed by atoms with van der Waals surface area (Å²) in [6, 6.07) is 20.4. The maximum absolute atomic E-state index is 13.2. The number of non-ortho nitro benzene ring substituents is 1. The molecule has 6 aromatic rings. The molecule has 0 aliphatic rings. The Balaban J connectivity index is 1.41. The van der Waals surface area contributed by atoms with Gasteiger partial charge in [0.2, 0.25) is 11.0 Å². The lowest BCUT2D eigenvalue weighted by molar-refractivity contribution is -0.384. The number of ether oxygens (including phenoxy) is 2. The van der Waals surface area contributed by atoms with Crippen molar-refractivity contribution in [2.45, 2.75) is 24.3 Å². The van der Waals surface area contributed by atoms with E-state index in [1.54, 1.807) is 43.3 Å². The molecule has 50 heavy (non-hydrogen) atoms. The van der Waals surface area contributed by atoms with E-state index in [1.165, 1.54) is 70.7 Å². The molecule has 0 fully saturated rings. The predicted molar refractivity (Wildman–Crippen MR) is 180 cm³/mol. The number of nitrogens with zero attached hydrogens (tertiary/aromatic N) is 7. The van der Waals surface area contributed by atoms with Gasteiger partial charge in [-0.2, -0.15) is 9.78 Å². The number of phenols is 2. The fourth-order valence-electron chi connectivity index (χ4n) is 5.03. The Morgan fingerprint density at radius 3 is 2.36 bits per heavy atom. The summed E-state index contributed by atoms with van der Waals surface area (Å²) in [5.74, 6) is -0.631. The first-order valence-electron chi connectivity index (χ1n) is 15.0. The Morgan fingerprint density at radius 2 is 1.66 bits per heavy atom. The van der Waals surface area contributed by atoms with Crippen LogP contribution in [0.25, 0.3) is 22.1 Å². The number of hydrogen-bond acceptors (Lipinski definition) is 13. The van der Waals surface area contributed by atoms with Gasteiger partial charge in [0.15, 0.2) is 0 Å². The van der Waals surface area contributed by atoms with Gasteiger partial charge in [-0.05, 0) is 59.8 Å². The number of rotatable bonds is 12. The number of aromatic nitrogens is 6. The number of benzene rings is 4. The molecule has 254 valence electrons. The first kappa shape index (κ1) is 33.4. The molecule has 0 bridgehead atoms. The minimum absolute atomic E-state index is 0.0228. The average molecular weight is 697 g/mol. The first-order valence-corrected chi connectivity index (χ1v) is 15.9. The molecule has 4 aromatic carbocycles. The van der Waals surface area contributed by atoms with Gasteiger partial charge in [0.1, 0.15) is 17.2 Å². The van der Waals surface area contributed by atoms with E-state index >= 15 is 0 Å². The number of amides is 1. The van der Waals surface area contributed by atoms with Crippen LogP contribution in [0.5, 0.6) is 23.1 Å². The number of phenolic OH excluding ortho intramolecular Hbond substituents is 2. The van der Waals surface area contributed by atoms with Crippen LogP contribution in [-0.4, -0.2) is 70.7 Å². The number of aromatic hydroxyl groups is 2. The van der Waals surface area contributed by atoms with Crippen LogP contribution in [0.4, 0.5) is 5.69 Å². The van der Waals surface area contributed by atoms with Crippen LogP contribution in [0.1, 0.15) is 28.0 Å². The Morgan fingerprint density at radius 1 is 0.980 bits per heavy atom. The lowest BCUT2D eigenvalue weighted by atomic mass is 10.0. The number of carbonyl (C=O) groups excluding carboxylic acids is 2. The summed E-state index contributed by atoms with van der Waals surface area (Å²) in [6.07, 6.45) is -0.0648. The summed E-state index contributed by atoms with van der Waals surface area (Å²) in [5, 5.41) is 52.8. The summed E-state index contributed by atoms with van der Waals surface area (Å²) in [5.41, 5.74) is 2.07. The highest BCUT2D eigenvalue weighted by molar-refractivity contribution is 7.98. The minimum atomic E-state index is -0.640. The first-order chi connectivity index (χ1) is 24.1. The normalized spacial score (nSPS) is 11.0. The number of carbonyl (C=O) groups is 2. The van der Waals surface area contributed by atoms with E-state index in [9.17, 15) is 29.9 Å². The fourth-order valence-corrected chi connectivity index (χ4v) is 5.99. The molecular formula is C33H28N8O8S. The number of methoxy groups -OCH3 is 1. The molecule has 0 radical (unpaired) electrons. The molecule has 0 aliphatic carbocycles. The second-order valence-corrected chi connectivity index (χ2v) is 11.7. The molecule has 0 saturated carbocycles. The number of fused-ring (bicyclic) bond motifs is 1. The lowest BCUT2D eigenvalue weighted by Gasteiger charge is -2.16. The molecule has 16 nitrogen and oxygen atoms in total. The molecule has 0 unspecified atom stereocenters. The molecule has 0 atom stereocenters. The molecule has 1 amide bonds. The van der Waals surface area contributed by atoms with Crippen molar-refractivity contribution in [3.63, 3.8) is 0 Å². The van der Waals surface area contributed by atoms with Gasteiger partial charge in [-0.25, -0.2) is 4.68 Å². The van der Waals surface area contributed by atoms with Crippen LogP contribution in [0.15, 0.2) is 84.0 Å². The zero-order valence-electron chi connectivity index (χ0n) is 26.5. The summed E-state index contributed by atoms with van der Waals surface area (Å²) in [4.78, 5) is 35.7. The molecule has 2 aromatic heterocycles. The van der Waals surface area contributed by atoms with Crippen molar-refractivity contribution in [3.8, 4) is 34.5 Å². The molecule has 0 saturated heterocycles. The highest BCUT2D eigenvalue weighted by Gasteiger charge is 2.24. The van der Waals surface area contributed by atoms with Gasteiger partial charge < -0.3 is 25.0 Å². The van der Waals surface area contributed by atoms with Crippen LogP contribution in [0.2, 0.25) is 0 Å². The third-order valence-electron chi connectivity index (χ3n) is 7.59. The minimum Gasteiger partial charge on any atom is -0.508 e. The summed E-state index contributed by atoms with van der Waals surface area (Å²) in [7, 11) is 1.25. The summed E-state index contributed by atoms with van der Waals surface area (Å²) < 4.78 is 14.3. The number of nitro groups is 1. The van der Waals surface area contributed by atoms with Crippen molar-refractivity contribution in [2.75, 3.05) is 13.7 Å². The molecule has 3 N–H and O–H groups in total. The van der Waals surface area contributed by atoms with Crippen molar-refractivity contribution in [1.82, 2.24) is 35.3 Å². The maximum Gasteiger partial charge on any atom is 0.307 e. The number of nitrogens with one attached hydrogen (secondary N) is 1. The SMILES string of the molecule is COC(=O)CCNC(=O)c1cc(Oc2c(CSc3nnnn3-c3ccc(O)cc3)c(C)nn2-c2ccc([N+](=O)[O-])cc2)c2ccccc2c1O. The third-order valence-corrected chi connectivity index (χ3v) is 8.54. The van der Waals surface area contributed by atoms with Gasteiger partial charge in [-0.3, -0.25) is 19.7 Å². The zero-order chi connectivity index (χ0) is 35.4. The van der Waals surface area contributed by atoms with Gasteiger partial charge in [-0.15, -0.1) is 5.10 Å². The third kappa shape index (κ3) is 6.88. The number of esters is 1. The smallest absolute Gasteiger partial charge is 0.307 e. The van der Waals surface area contributed by atoms with Crippen LogP contribution in [0.3, 0.4) is 0 Å². The second kappa shape index (κ2) is 14.3. The monoisotopic (exact) mass is 696 g/mol. The number of thioether (sulfide) groups is 1. The van der Waals surface area contributed by atoms with Crippen LogP contribution in [0, 0.1) is 17.0 Å². The van der Waals surface area contributed by atoms with E-state index < -0.39 is 16.8 Å². The van der Waals surface area contributed by atoms with Gasteiger partial charge in [0.05, 0.1) is 41.1 Å². The molecule has 0 spiro atoms. The number of tetrazole rings is 1. The fraction of sp³-hybridized carbons (Fsp3) is 0.152. The van der Waals surface area contributed by atoms with Gasteiger partial charge in [-0.1, -0.05) is 36.0 Å². The molecule has 0 aliphatic heterocycles. The summed E-state index contributed by atoms with van der Waals surface area (Å²) in [6.45, 7) is 1.76. The Kier molecular flexibility index (Phi) is 9.57. The molecule has 6 rings (SSSR count). The number of hydrogen-bond donors (Lipinski definition) is 3.